The molecular weight excluding hydrogens is 432 g/mol. The Morgan fingerprint density at radius 1 is 0.824 bits per heavy atom. The molecule has 0 saturated heterocycles. The van der Waals surface area contributed by atoms with E-state index in [1.54, 1.807) is 62.8 Å². The molecule has 0 spiro atoms. The monoisotopic (exact) mass is 458 g/mol. The molecule has 3 aromatic rings. The zero-order chi connectivity index (χ0) is 24.2. The highest BCUT2D eigenvalue weighted by Gasteiger charge is 2.40. The first-order valence-corrected chi connectivity index (χ1v) is 10.9. The van der Waals surface area contributed by atoms with Crippen LogP contribution in [-0.2, 0) is 9.59 Å². The van der Waals surface area contributed by atoms with E-state index < -0.39 is 11.8 Å². The van der Waals surface area contributed by atoms with Crippen molar-refractivity contribution in [1.82, 2.24) is 0 Å². The summed E-state index contributed by atoms with van der Waals surface area (Å²) in [6, 6.07) is 19.5. The predicted molar refractivity (Wildman–Crippen MR) is 131 cm³/mol. The van der Waals surface area contributed by atoms with Crippen LogP contribution in [0.1, 0.15) is 18.1 Å². The standard InChI is InChI=1S/C27H26N2O5/c1-5-34-21-11-7-18(8-12-21)24-25(28-22-16-17(2)6-15-23(22)33-4)27(31)29(26(24)30)19-9-13-20(32-3)14-10-19/h6-16,28H,5H2,1-4H3. The van der Waals surface area contributed by atoms with Crippen LogP contribution in [0.25, 0.3) is 5.57 Å². The summed E-state index contributed by atoms with van der Waals surface area (Å²) in [6.07, 6.45) is 0. The minimum atomic E-state index is -0.456. The van der Waals surface area contributed by atoms with Gasteiger partial charge in [0.15, 0.2) is 0 Å². The molecule has 1 aliphatic heterocycles. The van der Waals surface area contributed by atoms with Crippen molar-refractivity contribution in [2.75, 3.05) is 31.0 Å². The lowest BCUT2D eigenvalue weighted by molar-refractivity contribution is -0.120. The van der Waals surface area contributed by atoms with Crippen LogP contribution < -0.4 is 24.4 Å². The Balaban J connectivity index is 1.81. The molecule has 0 aliphatic carbocycles. The Morgan fingerprint density at radius 3 is 2.12 bits per heavy atom. The molecule has 0 fully saturated rings. The van der Waals surface area contributed by atoms with Gasteiger partial charge >= 0.3 is 0 Å². The molecule has 1 N–H and O–H groups in total. The lowest BCUT2D eigenvalue weighted by atomic mass is 10.0. The highest BCUT2D eigenvalue weighted by molar-refractivity contribution is 6.46. The number of methoxy groups -OCH3 is 2. The molecule has 34 heavy (non-hydrogen) atoms. The van der Waals surface area contributed by atoms with E-state index in [0.29, 0.717) is 40.8 Å². The van der Waals surface area contributed by atoms with E-state index in [9.17, 15) is 9.59 Å². The lowest BCUT2D eigenvalue weighted by Crippen LogP contribution is -2.32. The highest BCUT2D eigenvalue weighted by atomic mass is 16.5. The molecule has 4 rings (SSSR count). The number of rotatable bonds is 8. The first-order valence-electron chi connectivity index (χ1n) is 10.9. The summed E-state index contributed by atoms with van der Waals surface area (Å²) < 4.78 is 16.2. The van der Waals surface area contributed by atoms with Crippen molar-refractivity contribution in [2.45, 2.75) is 13.8 Å². The van der Waals surface area contributed by atoms with Crippen molar-refractivity contribution in [3.8, 4) is 17.2 Å². The minimum absolute atomic E-state index is 0.175. The summed E-state index contributed by atoms with van der Waals surface area (Å²) in [5, 5.41) is 3.18. The Kier molecular flexibility index (Phi) is 6.54. The van der Waals surface area contributed by atoms with Crippen molar-refractivity contribution in [1.29, 1.82) is 0 Å². The maximum atomic E-state index is 13.6. The van der Waals surface area contributed by atoms with Crippen LogP contribution in [0, 0.1) is 6.92 Å². The Bertz CT molecular complexity index is 1250. The summed E-state index contributed by atoms with van der Waals surface area (Å²) in [5.41, 5.74) is 3.08. The van der Waals surface area contributed by atoms with Gasteiger partial charge in [0, 0.05) is 0 Å². The number of imide groups is 1. The number of hydrogen-bond donors (Lipinski definition) is 1. The average Bonchev–Trinajstić information content (AvgIpc) is 3.09. The van der Waals surface area contributed by atoms with Crippen molar-refractivity contribution >= 4 is 28.8 Å². The van der Waals surface area contributed by atoms with Crippen LogP contribution in [0.5, 0.6) is 17.2 Å². The van der Waals surface area contributed by atoms with Crippen molar-refractivity contribution in [2.24, 2.45) is 0 Å². The molecule has 7 nitrogen and oxygen atoms in total. The number of hydrogen-bond acceptors (Lipinski definition) is 6. The topological polar surface area (TPSA) is 77.1 Å². The fraction of sp³-hybridized carbons (Fsp3) is 0.185. The number of benzene rings is 3. The van der Waals surface area contributed by atoms with Gasteiger partial charge in [-0.2, -0.15) is 0 Å². The molecule has 0 aromatic heterocycles. The largest absolute Gasteiger partial charge is 0.497 e. The molecule has 174 valence electrons. The van der Waals surface area contributed by atoms with Gasteiger partial charge in [0.05, 0.1) is 37.8 Å². The third-order valence-corrected chi connectivity index (χ3v) is 5.48. The fourth-order valence-electron chi connectivity index (χ4n) is 3.82. The molecule has 1 aliphatic rings. The second kappa shape index (κ2) is 9.70. The zero-order valence-corrected chi connectivity index (χ0v) is 19.5. The van der Waals surface area contributed by atoms with Crippen molar-refractivity contribution < 1.29 is 23.8 Å². The predicted octanol–water partition coefficient (Wildman–Crippen LogP) is 4.81. The summed E-state index contributed by atoms with van der Waals surface area (Å²) in [5.74, 6) is 0.999. The zero-order valence-electron chi connectivity index (χ0n) is 19.5. The van der Waals surface area contributed by atoms with Crippen LogP contribution >= 0.6 is 0 Å². The van der Waals surface area contributed by atoms with E-state index in [4.69, 9.17) is 14.2 Å². The Hall–Kier alpha value is -4.26. The number of carbonyl (C=O) groups is 2. The molecule has 1 heterocycles. The fourth-order valence-corrected chi connectivity index (χ4v) is 3.82. The summed E-state index contributed by atoms with van der Waals surface area (Å²) in [4.78, 5) is 28.4. The summed E-state index contributed by atoms with van der Waals surface area (Å²) in [6.45, 7) is 4.38. The molecule has 0 atom stereocenters. The van der Waals surface area contributed by atoms with Crippen LogP contribution in [-0.4, -0.2) is 32.6 Å². The molecule has 0 saturated carbocycles. The van der Waals surface area contributed by atoms with Gasteiger partial charge in [0.1, 0.15) is 22.9 Å². The first-order chi connectivity index (χ1) is 16.5. The number of anilines is 2. The van der Waals surface area contributed by atoms with Gasteiger partial charge in [-0.3, -0.25) is 9.59 Å². The number of nitrogens with one attached hydrogen (secondary N) is 1. The van der Waals surface area contributed by atoms with Crippen molar-refractivity contribution in [3.05, 3.63) is 83.6 Å². The molecule has 0 radical (unpaired) electrons. The van der Waals surface area contributed by atoms with Gasteiger partial charge in [0.25, 0.3) is 11.8 Å². The molecule has 7 heteroatoms. The molecule has 0 bridgehead atoms. The number of nitrogens with zero attached hydrogens (tertiary/aromatic N) is 1. The van der Waals surface area contributed by atoms with Gasteiger partial charge in [-0.1, -0.05) is 18.2 Å². The molecule has 0 unspecified atom stereocenters. The van der Waals surface area contributed by atoms with Gasteiger partial charge in [0.2, 0.25) is 0 Å². The average molecular weight is 459 g/mol. The molecule has 2 amide bonds. The number of carbonyl (C=O) groups excluding carboxylic acids is 2. The Labute approximate surface area is 198 Å². The van der Waals surface area contributed by atoms with E-state index in [2.05, 4.69) is 5.32 Å². The first kappa shape index (κ1) is 22.9. The van der Waals surface area contributed by atoms with Gasteiger partial charge < -0.3 is 19.5 Å². The van der Waals surface area contributed by atoms with Crippen LogP contribution in [0.15, 0.2) is 72.4 Å². The second-order valence-corrected chi connectivity index (χ2v) is 7.68. The smallest absolute Gasteiger partial charge is 0.282 e. The lowest BCUT2D eigenvalue weighted by Gasteiger charge is -2.16. The van der Waals surface area contributed by atoms with Crippen LogP contribution in [0.4, 0.5) is 11.4 Å². The van der Waals surface area contributed by atoms with E-state index in [-0.39, 0.29) is 11.3 Å². The van der Waals surface area contributed by atoms with Crippen LogP contribution in [0.3, 0.4) is 0 Å². The van der Waals surface area contributed by atoms with Gasteiger partial charge in [-0.05, 0) is 73.5 Å². The third-order valence-electron chi connectivity index (χ3n) is 5.48. The van der Waals surface area contributed by atoms with E-state index in [1.165, 1.54) is 0 Å². The third kappa shape index (κ3) is 4.32. The van der Waals surface area contributed by atoms with Gasteiger partial charge in [-0.15, -0.1) is 0 Å². The quantitative estimate of drug-likeness (QED) is 0.489. The SMILES string of the molecule is CCOc1ccc(C2=C(Nc3cc(C)ccc3OC)C(=O)N(c3ccc(OC)cc3)C2=O)cc1. The number of amides is 2. The Morgan fingerprint density at radius 2 is 1.50 bits per heavy atom. The van der Waals surface area contributed by atoms with E-state index >= 15 is 0 Å². The normalized spacial score (nSPS) is 13.4. The van der Waals surface area contributed by atoms with Crippen molar-refractivity contribution in [3.63, 3.8) is 0 Å². The number of ether oxygens (including phenoxy) is 3. The summed E-state index contributed by atoms with van der Waals surface area (Å²) in [7, 11) is 3.12. The summed E-state index contributed by atoms with van der Waals surface area (Å²) >= 11 is 0. The molecular formula is C27H26N2O5. The van der Waals surface area contributed by atoms with E-state index in [0.717, 1.165) is 10.5 Å². The minimum Gasteiger partial charge on any atom is -0.497 e. The molecule has 3 aromatic carbocycles. The van der Waals surface area contributed by atoms with Gasteiger partial charge in [-0.25, -0.2) is 4.90 Å². The maximum absolute atomic E-state index is 13.6. The number of aryl methyl sites for hydroxylation is 1. The van der Waals surface area contributed by atoms with E-state index in [1.807, 2.05) is 32.0 Å². The highest BCUT2D eigenvalue weighted by Crippen LogP contribution is 2.36. The second-order valence-electron chi connectivity index (χ2n) is 7.68. The maximum Gasteiger partial charge on any atom is 0.282 e. The van der Waals surface area contributed by atoms with Crippen LogP contribution in [0.2, 0.25) is 0 Å².